The van der Waals surface area contributed by atoms with Gasteiger partial charge in [0, 0.05) is 49.8 Å². The lowest BCUT2D eigenvalue weighted by atomic mass is 10.1. The van der Waals surface area contributed by atoms with Crippen molar-refractivity contribution in [3.05, 3.63) is 116 Å². The van der Waals surface area contributed by atoms with Crippen LogP contribution in [0.4, 0.5) is 0 Å². The van der Waals surface area contributed by atoms with Crippen LogP contribution in [0, 0.1) is 0 Å². The summed E-state index contributed by atoms with van der Waals surface area (Å²) in [6.07, 6.45) is 3.77. The van der Waals surface area contributed by atoms with Crippen molar-refractivity contribution in [3.8, 4) is 28.7 Å². The Labute approximate surface area is 221 Å². The minimum absolute atomic E-state index is 0.592. The van der Waals surface area contributed by atoms with Crippen LogP contribution in [0.15, 0.2) is 116 Å². The zero-order valence-electron chi connectivity index (χ0n) is 20.1. The normalized spacial score (nSPS) is 11.7. The van der Waals surface area contributed by atoms with Crippen LogP contribution in [0.25, 0.3) is 70.7 Å². The molecule has 0 saturated heterocycles. The third-order valence-electron chi connectivity index (χ3n) is 6.96. The molecule has 0 amide bonds. The fraction of sp³-hybridized carbons (Fsp3) is 0. The third kappa shape index (κ3) is 3.17. The van der Waals surface area contributed by atoms with Gasteiger partial charge in [-0.2, -0.15) is 9.97 Å². The lowest BCUT2D eigenvalue weighted by molar-refractivity contribution is 0.955. The highest BCUT2D eigenvalue weighted by Crippen LogP contribution is 2.42. The molecule has 178 valence electrons. The highest BCUT2D eigenvalue weighted by atomic mass is 32.1. The lowest BCUT2D eigenvalue weighted by Gasteiger charge is -2.11. The predicted octanol–water partition coefficient (Wildman–Crippen LogP) is 8.07. The van der Waals surface area contributed by atoms with Gasteiger partial charge in [-0.15, -0.1) is 11.3 Å². The summed E-state index contributed by atoms with van der Waals surface area (Å²) in [6, 6.07) is 35.2. The summed E-state index contributed by atoms with van der Waals surface area (Å²) in [5, 5.41) is 4.70. The molecule has 8 rings (SSSR count). The Balaban J connectivity index is 1.53. The van der Waals surface area contributed by atoms with Crippen LogP contribution in [0.2, 0.25) is 0 Å². The number of thiophene rings is 1. The van der Waals surface area contributed by atoms with Crippen LogP contribution < -0.4 is 0 Å². The van der Waals surface area contributed by atoms with Crippen molar-refractivity contribution in [1.82, 2.24) is 24.5 Å². The van der Waals surface area contributed by atoms with Crippen LogP contribution in [-0.4, -0.2) is 24.5 Å². The van der Waals surface area contributed by atoms with Crippen molar-refractivity contribution < 1.29 is 0 Å². The molecule has 0 saturated carbocycles. The molecule has 38 heavy (non-hydrogen) atoms. The molecule has 0 fully saturated rings. The van der Waals surface area contributed by atoms with E-state index in [2.05, 4.69) is 45.9 Å². The summed E-state index contributed by atoms with van der Waals surface area (Å²) in [6.45, 7) is 0. The topological polar surface area (TPSA) is 56.5 Å². The molecule has 0 N–H and O–H groups in total. The zero-order valence-corrected chi connectivity index (χ0v) is 20.9. The van der Waals surface area contributed by atoms with E-state index in [1.807, 2.05) is 79.1 Å². The van der Waals surface area contributed by atoms with E-state index >= 15 is 0 Å². The van der Waals surface area contributed by atoms with Gasteiger partial charge in [-0.3, -0.25) is 9.55 Å². The van der Waals surface area contributed by atoms with Gasteiger partial charge in [-0.25, -0.2) is 4.98 Å². The molecule has 4 aromatic carbocycles. The largest absolute Gasteiger partial charge is 0.276 e. The van der Waals surface area contributed by atoms with E-state index in [-0.39, 0.29) is 0 Å². The lowest BCUT2D eigenvalue weighted by Crippen LogP contribution is -2.06. The molecule has 0 aliphatic rings. The molecule has 8 aromatic rings. The Morgan fingerprint density at radius 1 is 0.553 bits per heavy atom. The number of fused-ring (bicyclic) bond motifs is 7. The van der Waals surface area contributed by atoms with Gasteiger partial charge in [0.05, 0.1) is 15.7 Å². The second kappa shape index (κ2) is 8.30. The molecular weight excluding hydrogens is 486 g/mol. The van der Waals surface area contributed by atoms with Crippen molar-refractivity contribution in [3.63, 3.8) is 0 Å². The maximum absolute atomic E-state index is 5.06. The van der Waals surface area contributed by atoms with Gasteiger partial charge in [0.2, 0.25) is 5.95 Å². The summed E-state index contributed by atoms with van der Waals surface area (Å²) < 4.78 is 4.66. The van der Waals surface area contributed by atoms with Gasteiger partial charge in [-0.1, -0.05) is 91.0 Å². The second-order valence-electron chi connectivity index (χ2n) is 9.18. The SMILES string of the molecule is c1ccc(-c2nc(-c3ccccc3)nc(-n3c4ccncc4c4ccc5c6ccccc6sc5c43)n2)cc1. The maximum Gasteiger partial charge on any atom is 0.238 e. The first-order valence-electron chi connectivity index (χ1n) is 12.4. The van der Waals surface area contributed by atoms with Gasteiger partial charge in [0.25, 0.3) is 0 Å². The molecule has 6 heteroatoms. The van der Waals surface area contributed by atoms with Crippen molar-refractivity contribution in [2.75, 3.05) is 0 Å². The monoisotopic (exact) mass is 505 g/mol. The van der Waals surface area contributed by atoms with Crippen molar-refractivity contribution >= 4 is 53.3 Å². The Bertz CT molecular complexity index is 2070. The fourth-order valence-electron chi connectivity index (χ4n) is 5.23. The van der Waals surface area contributed by atoms with Gasteiger partial charge in [-0.05, 0) is 12.1 Å². The Hall–Kier alpha value is -4.94. The van der Waals surface area contributed by atoms with Crippen molar-refractivity contribution in [1.29, 1.82) is 0 Å². The second-order valence-corrected chi connectivity index (χ2v) is 10.2. The number of hydrogen-bond donors (Lipinski definition) is 0. The van der Waals surface area contributed by atoms with Crippen LogP contribution in [0.1, 0.15) is 0 Å². The number of aromatic nitrogens is 5. The number of pyridine rings is 1. The van der Waals surface area contributed by atoms with Crippen molar-refractivity contribution in [2.45, 2.75) is 0 Å². The summed E-state index contributed by atoms with van der Waals surface area (Å²) in [5.74, 6) is 1.87. The highest BCUT2D eigenvalue weighted by Gasteiger charge is 2.21. The van der Waals surface area contributed by atoms with Gasteiger partial charge >= 0.3 is 0 Å². The first-order chi connectivity index (χ1) is 18.8. The summed E-state index contributed by atoms with van der Waals surface area (Å²) in [4.78, 5) is 19.5. The molecule has 0 unspecified atom stereocenters. The van der Waals surface area contributed by atoms with E-state index in [4.69, 9.17) is 15.0 Å². The Morgan fingerprint density at radius 3 is 1.95 bits per heavy atom. The highest BCUT2D eigenvalue weighted by molar-refractivity contribution is 7.26. The molecule has 0 aliphatic heterocycles. The molecule has 0 bridgehead atoms. The van der Waals surface area contributed by atoms with E-state index in [0.29, 0.717) is 17.6 Å². The minimum atomic E-state index is 0.592. The molecule has 4 aromatic heterocycles. The summed E-state index contributed by atoms with van der Waals surface area (Å²) in [5.41, 5.74) is 4.01. The van der Waals surface area contributed by atoms with Gasteiger partial charge in [0.1, 0.15) is 0 Å². The number of benzene rings is 4. The number of nitrogens with zero attached hydrogens (tertiary/aromatic N) is 5. The summed E-state index contributed by atoms with van der Waals surface area (Å²) >= 11 is 1.80. The summed E-state index contributed by atoms with van der Waals surface area (Å²) in [7, 11) is 0. The predicted molar refractivity (Wildman–Crippen MR) is 156 cm³/mol. The molecule has 0 spiro atoms. The first-order valence-corrected chi connectivity index (χ1v) is 13.2. The van der Waals surface area contributed by atoms with E-state index in [0.717, 1.165) is 32.9 Å². The molecular formula is C32H19N5S. The Morgan fingerprint density at radius 2 is 1.21 bits per heavy atom. The van der Waals surface area contributed by atoms with Crippen LogP contribution in [0.3, 0.4) is 0 Å². The van der Waals surface area contributed by atoms with E-state index < -0.39 is 0 Å². The molecule has 0 atom stereocenters. The molecule has 4 heterocycles. The Kier molecular flexibility index (Phi) is 4.62. The quantitative estimate of drug-likeness (QED) is 0.244. The van der Waals surface area contributed by atoms with E-state index in [1.165, 1.54) is 20.2 Å². The van der Waals surface area contributed by atoms with Crippen LogP contribution in [0.5, 0.6) is 0 Å². The minimum Gasteiger partial charge on any atom is -0.276 e. The average Bonchev–Trinajstić information content (AvgIpc) is 3.54. The number of rotatable bonds is 3. The molecule has 0 radical (unpaired) electrons. The van der Waals surface area contributed by atoms with E-state index in [1.54, 1.807) is 11.3 Å². The van der Waals surface area contributed by atoms with Crippen LogP contribution in [-0.2, 0) is 0 Å². The van der Waals surface area contributed by atoms with Crippen LogP contribution >= 0.6 is 11.3 Å². The smallest absolute Gasteiger partial charge is 0.238 e. The fourth-order valence-corrected chi connectivity index (χ4v) is 6.47. The van der Waals surface area contributed by atoms with Gasteiger partial charge in [0.15, 0.2) is 11.6 Å². The first kappa shape index (κ1) is 21.2. The van der Waals surface area contributed by atoms with Crippen molar-refractivity contribution in [2.24, 2.45) is 0 Å². The van der Waals surface area contributed by atoms with E-state index in [9.17, 15) is 0 Å². The molecule has 5 nitrogen and oxygen atoms in total. The molecule has 0 aliphatic carbocycles. The average molecular weight is 506 g/mol. The van der Waals surface area contributed by atoms with Gasteiger partial charge < -0.3 is 0 Å². The number of hydrogen-bond acceptors (Lipinski definition) is 5. The maximum atomic E-state index is 5.06. The zero-order chi connectivity index (χ0) is 25.1. The standard InChI is InChI=1S/C32H19N5S/c1-3-9-20(10-4-1)30-34-31(21-11-5-2-6-12-21)36-32(35-30)37-26-17-18-33-19-25(26)23-15-16-24-22-13-7-8-14-27(22)38-29(24)28(23)37/h1-19H. The third-order valence-corrected chi connectivity index (χ3v) is 8.15.